The molecule has 0 bridgehead atoms. The van der Waals surface area contributed by atoms with E-state index < -0.39 is 12.6 Å². The molecule has 0 spiro atoms. The molecule has 0 aliphatic heterocycles. The molecule has 0 atom stereocenters. The molecule has 0 aliphatic carbocycles. The molecule has 0 unspecified atom stereocenters. The van der Waals surface area contributed by atoms with Crippen LogP contribution >= 0.6 is 0 Å². The molecule has 0 amide bonds. The van der Waals surface area contributed by atoms with Crippen molar-refractivity contribution in [1.29, 1.82) is 0 Å². The highest BCUT2D eigenvalue weighted by molar-refractivity contribution is 5.08. The molecule has 1 heterocycles. The number of nitrogens with zero attached hydrogens (tertiary/aromatic N) is 2. The van der Waals surface area contributed by atoms with Gasteiger partial charge in [-0.15, -0.1) is 0 Å². The van der Waals surface area contributed by atoms with Crippen LogP contribution in [-0.2, 0) is 12.8 Å². The number of aromatic nitrogens is 2. The van der Waals surface area contributed by atoms with Gasteiger partial charge in [0.15, 0.2) is 0 Å². The molecule has 68 valence electrons. The van der Waals surface area contributed by atoms with Crippen molar-refractivity contribution in [3.63, 3.8) is 0 Å². The lowest BCUT2D eigenvalue weighted by Gasteiger charge is -2.02. The maximum atomic E-state index is 11.8. The van der Waals surface area contributed by atoms with Crippen LogP contribution < -0.4 is 0 Å². The molecular formula is C6H7F3N2O. The van der Waals surface area contributed by atoms with Crippen LogP contribution in [0.2, 0.25) is 0 Å². The number of aryl methyl sites for hydroxylation is 1. The van der Waals surface area contributed by atoms with E-state index in [-0.39, 0.29) is 11.4 Å². The first kappa shape index (κ1) is 9.02. The molecular weight excluding hydrogens is 173 g/mol. The van der Waals surface area contributed by atoms with Crippen molar-refractivity contribution in [3.8, 4) is 0 Å². The molecule has 0 fully saturated rings. The van der Waals surface area contributed by atoms with E-state index in [1.165, 1.54) is 0 Å². The first-order chi connectivity index (χ1) is 5.53. The summed E-state index contributed by atoms with van der Waals surface area (Å²) in [6, 6.07) is 0. The first-order valence-electron chi connectivity index (χ1n) is 3.40. The third kappa shape index (κ3) is 2.21. The zero-order valence-electron chi connectivity index (χ0n) is 6.35. The Balaban J connectivity index is 2.75. The summed E-state index contributed by atoms with van der Waals surface area (Å²) in [5.41, 5.74) is 0.150. The number of halogens is 3. The summed E-state index contributed by atoms with van der Waals surface area (Å²) < 4.78 is 39.7. The second-order valence-corrected chi connectivity index (χ2v) is 2.30. The van der Waals surface area contributed by atoms with Gasteiger partial charge < -0.3 is 0 Å². The van der Waals surface area contributed by atoms with E-state index >= 15 is 0 Å². The first-order valence-corrected chi connectivity index (χ1v) is 3.40. The Morgan fingerprint density at radius 3 is 2.33 bits per heavy atom. The fourth-order valence-corrected chi connectivity index (χ4v) is 0.817. The summed E-state index contributed by atoms with van der Waals surface area (Å²) in [7, 11) is 0. The largest absolute Gasteiger partial charge is 0.394 e. The maximum Gasteiger partial charge on any atom is 0.394 e. The van der Waals surface area contributed by atoms with Crippen LogP contribution in [0.5, 0.6) is 0 Å². The molecule has 0 radical (unpaired) electrons. The fraction of sp³-hybridized carbons (Fsp3) is 0.667. The van der Waals surface area contributed by atoms with E-state index in [0.717, 1.165) is 0 Å². The second kappa shape index (κ2) is 3.12. The highest BCUT2D eigenvalue weighted by atomic mass is 19.4. The van der Waals surface area contributed by atoms with Crippen LogP contribution in [0, 0.1) is 0 Å². The molecule has 0 saturated carbocycles. The standard InChI is InChI=1S/C6H7F3N2O/c1-2-4-5(11-12-10-4)3-6(7,8)9/h2-3H2,1H3. The molecule has 0 aromatic carbocycles. The molecule has 3 nitrogen and oxygen atoms in total. The van der Waals surface area contributed by atoms with Crippen LogP contribution in [0.15, 0.2) is 4.63 Å². The van der Waals surface area contributed by atoms with E-state index in [1.807, 2.05) is 0 Å². The van der Waals surface area contributed by atoms with E-state index in [2.05, 4.69) is 14.9 Å². The number of hydrogen-bond acceptors (Lipinski definition) is 3. The molecule has 12 heavy (non-hydrogen) atoms. The zero-order valence-corrected chi connectivity index (χ0v) is 6.35. The molecule has 1 rings (SSSR count). The summed E-state index contributed by atoms with van der Waals surface area (Å²) in [4.78, 5) is 0. The van der Waals surface area contributed by atoms with Gasteiger partial charge in [0.25, 0.3) is 0 Å². The van der Waals surface area contributed by atoms with Crippen molar-refractivity contribution in [2.45, 2.75) is 25.9 Å². The Morgan fingerprint density at radius 2 is 1.83 bits per heavy atom. The molecule has 1 aromatic heterocycles. The van der Waals surface area contributed by atoms with E-state index in [0.29, 0.717) is 6.42 Å². The van der Waals surface area contributed by atoms with Crippen LogP contribution in [0.25, 0.3) is 0 Å². The van der Waals surface area contributed by atoms with Crippen molar-refractivity contribution in [1.82, 2.24) is 10.3 Å². The summed E-state index contributed by atoms with van der Waals surface area (Å²) in [6.45, 7) is 1.69. The summed E-state index contributed by atoms with van der Waals surface area (Å²) in [5, 5.41) is 6.50. The van der Waals surface area contributed by atoms with Crippen molar-refractivity contribution in [3.05, 3.63) is 11.4 Å². The van der Waals surface area contributed by atoms with Crippen LogP contribution in [-0.4, -0.2) is 16.5 Å². The maximum absolute atomic E-state index is 11.8. The predicted octanol–water partition coefficient (Wildman–Crippen LogP) is 1.74. The Labute approximate surface area is 66.5 Å². The third-order valence-corrected chi connectivity index (χ3v) is 1.34. The Hall–Kier alpha value is -1.07. The predicted molar refractivity (Wildman–Crippen MR) is 33.4 cm³/mol. The minimum Gasteiger partial charge on any atom is -0.244 e. The van der Waals surface area contributed by atoms with Crippen LogP contribution in [0.3, 0.4) is 0 Å². The second-order valence-electron chi connectivity index (χ2n) is 2.30. The number of alkyl halides is 3. The van der Waals surface area contributed by atoms with E-state index in [4.69, 9.17) is 0 Å². The number of hydrogen-bond donors (Lipinski definition) is 0. The van der Waals surface area contributed by atoms with Gasteiger partial charge >= 0.3 is 6.18 Å². The SMILES string of the molecule is CCc1nonc1CC(F)(F)F. The van der Waals surface area contributed by atoms with Gasteiger partial charge in [-0.25, -0.2) is 4.63 Å². The van der Waals surface area contributed by atoms with E-state index in [1.54, 1.807) is 6.92 Å². The van der Waals surface area contributed by atoms with Crippen LogP contribution in [0.1, 0.15) is 18.3 Å². The van der Waals surface area contributed by atoms with Crippen molar-refractivity contribution in [2.75, 3.05) is 0 Å². The minimum absolute atomic E-state index is 0.120. The Morgan fingerprint density at radius 1 is 1.25 bits per heavy atom. The lowest BCUT2D eigenvalue weighted by atomic mass is 10.2. The van der Waals surface area contributed by atoms with Gasteiger partial charge in [-0.1, -0.05) is 17.2 Å². The summed E-state index contributed by atoms with van der Waals surface area (Å²) >= 11 is 0. The topological polar surface area (TPSA) is 38.9 Å². The Bertz CT molecular complexity index is 256. The normalized spacial score (nSPS) is 12.0. The van der Waals surface area contributed by atoms with Gasteiger partial charge in [-0.2, -0.15) is 13.2 Å². The van der Waals surface area contributed by atoms with Crippen molar-refractivity contribution < 1.29 is 17.8 Å². The van der Waals surface area contributed by atoms with Crippen LogP contribution in [0.4, 0.5) is 13.2 Å². The monoisotopic (exact) mass is 180 g/mol. The average molecular weight is 180 g/mol. The molecule has 0 aliphatic rings. The quantitative estimate of drug-likeness (QED) is 0.695. The fourth-order valence-electron chi connectivity index (χ4n) is 0.817. The molecule has 0 saturated heterocycles. The van der Waals surface area contributed by atoms with Gasteiger partial charge in [-0.3, -0.25) is 0 Å². The van der Waals surface area contributed by atoms with Crippen molar-refractivity contribution >= 4 is 0 Å². The molecule has 0 N–H and O–H groups in total. The smallest absolute Gasteiger partial charge is 0.244 e. The van der Waals surface area contributed by atoms with Gasteiger partial charge in [0, 0.05) is 0 Å². The molecule has 6 heteroatoms. The highest BCUT2D eigenvalue weighted by Gasteiger charge is 2.31. The lowest BCUT2D eigenvalue weighted by molar-refractivity contribution is -0.128. The minimum atomic E-state index is -4.25. The number of rotatable bonds is 2. The van der Waals surface area contributed by atoms with Gasteiger partial charge in [0.05, 0.1) is 6.42 Å². The highest BCUT2D eigenvalue weighted by Crippen LogP contribution is 2.21. The summed E-state index contributed by atoms with van der Waals surface area (Å²) in [6.07, 6.45) is -4.92. The van der Waals surface area contributed by atoms with Crippen molar-refractivity contribution in [2.24, 2.45) is 0 Å². The Kier molecular flexibility index (Phi) is 2.35. The lowest BCUT2D eigenvalue weighted by Crippen LogP contribution is -2.13. The average Bonchev–Trinajstić information content (AvgIpc) is 2.31. The molecule has 1 aromatic rings. The van der Waals surface area contributed by atoms with Gasteiger partial charge in [0.1, 0.15) is 11.4 Å². The zero-order chi connectivity index (χ0) is 9.19. The summed E-state index contributed by atoms with van der Waals surface area (Å²) in [5.74, 6) is 0. The third-order valence-electron chi connectivity index (χ3n) is 1.34. The van der Waals surface area contributed by atoms with Gasteiger partial charge in [0.2, 0.25) is 0 Å². The van der Waals surface area contributed by atoms with Gasteiger partial charge in [-0.05, 0) is 6.42 Å². The van der Waals surface area contributed by atoms with E-state index in [9.17, 15) is 13.2 Å².